The van der Waals surface area contributed by atoms with Crippen LogP contribution in [0.3, 0.4) is 0 Å². The smallest absolute Gasteiger partial charge is 0.119 e. The predicted molar refractivity (Wildman–Crippen MR) is 117 cm³/mol. The summed E-state index contributed by atoms with van der Waals surface area (Å²) in [5.41, 5.74) is 2.26. The molecule has 1 fully saturated rings. The molecule has 1 aliphatic rings. The van der Waals surface area contributed by atoms with E-state index in [9.17, 15) is 5.11 Å². The van der Waals surface area contributed by atoms with Crippen molar-refractivity contribution in [1.82, 2.24) is 0 Å². The maximum atomic E-state index is 9.97. The molecule has 5 nitrogen and oxygen atoms in total. The van der Waals surface area contributed by atoms with E-state index >= 15 is 0 Å². The Morgan fingerprint density at radius 3 is 2.07 bits per heavy atom. The molecule has 164 valence electrons. The summed E-state index contributed by atoms with van der Waals surface area (Å²) < 4.78 is 22.0. The third kappa shape index (κ3) is 6.73. The van der Waals surface area contributed by atoms with E-state index in [4.69, 9.17) is 18.9 Å². The van der Waals surface area contributed by atoms with Gasteiger partial charge in [-0.05, 0) is 41.8 Å². The number of ether oxygens (including phenoxy) is 4. The number of hydrogen-bond acceptors (Lipinski definition) is 5. The second-order valence-corrected chi connectivity index (χ2v) is 8.33. The van der Waals surface area contributed by atoms with E-state index in [1.807, 2.05) is 24.3 Å². The lowest BCUT2D eigenvalue weighted by Gasteiger charge is -2.26. The van der Waals surface area contributed by atoms with E-state index in [1.54, 1.807) is 0 Å². The number of hydrogen-bond donors (Lipinski definition) is 1. The Morgan fingerprint density at radius 1 is 0.967 bits per heavy atom. The highest BCUT2D eigenvalue weighted by molar-refractivity contribution is 5.41. The van der Waals surface area contributed by atoms with Gasteiger partial charge in [0.2, 0.25) is 0 Å². The lowest BCUT2D eigenvalue weighted by atomic mass is 9.78. The van der Waals surface area contributed by atoms with E-state index in [2.05, 4.69) is 45.0 Å². The molecule has 2 atom stereocenters. The van der Waals surface area contributed by atoms with Gasteiger partial charge in [-0.15, -0.1) is 0 Å². The van der Waals surface area contributed by atoms with Gasteiger partial charge in [0, 0.05) is 12.0 Å². The largest absolute Gasteiger partial charge is 0.491 e. The van der Waals surface area contributed by atoms with Gasteiger partial charge in [-0.2, -0.15) is 0 Å². The van der Waals surface area contributed by atoms with Gasteiger partial charge in [0.1, 0.15) is 36.9 Å². The molecule has 2 unspecified atom stereocenters. The molecule has 0 saturated carbocycles. The zero-order valence-corrected chi connectivity index (χ0v) is 18.3. The van der Waals surface area contributed by atoms with Crippen molar-refractivity contribution in [2.24, 2.45) is 0 Å². The van der Waals surface area contributed by atoms with E-state index in [1.165, 1.54) is 11.1 Å². The summed E-state index contributed by atoms with van der Waals surface area (Å²) in [5.74, 6) is 1.61. The molecule has 0 amide bonds. The number of aliphatic hydroxyl groups excluding tert-OH is 1. The molecule has 0 radical (unpaired) electrons. The monoisotopic (exact) mass is 414 g/mol. The molecule has 1 N–H and O–H groups in total. The summed E-state index contributed by atoms with van der Waals surface area (Å²) in [6.07, 6.45) is 1.74. The van der Waals surface area contributed by atoms with Gasteiger partial charge in [-0.1, -0.05) is 51.5 Å². The highest BCUT2D eigenvalue weighted by atomic mass is 16.6. The molecule has 0 bridgehead atoms. The van der Waals surface area contributed by atoms with Crippen LogP contribution >= 0.6 is 0 Å². The van der Waals surface area contributed by atoms with Crippen molar-refractivity contribution in [2.75, 3.05) is 33.0 Å². The SMILES string of the molecule is CCCCOCC(O)COc1ccc(C(C)(C)c2ccc(OCC3CO3)cc2)cc1. The van der Waals surface area contributed by atoms with Crippen LogP contribution in [0.5, 0.6) is 11.5 Å². The molecule has 0 aromatic heterocycles. The third-order valence-electron chi connectivity index (χ3n) is 5.39. The lowest BCUT2D eigenvalue weighted by molar-refractivity contribution is 0.0113. The van der Waals surface area contributed by atoms with Crippen LogP contribution in [0.4, 0.5) is 0 Å². The summed E-state index contributed by atoms with van der Waals surface area (Å²) in [5, 5.41) is 9.97. The molecule has 0 aliphatic carbocycles. The minimum Gasteiger partial charge on any atom is -0.491 e. The van der Waals surface area contributed by atoms with Crippen LogP contribution in [0.25, 0.3) is 0 Å². The molecule has 1 aliphatic heterocycles. The molecule has 2 aromatic rings. The highest BCUT2D eigenvalue weighted by Crippen LogP contribution is 2.33. The normalized spacial score (nSPS) is 16.9. The number of epoxide rings is 1. The van der Waals surface area contributed by atoms with Crippen molar-refractivity contribution in [3.8, 4) is 11.5 Å². The van der Waals surface area contributed by atoms with Crippen molar-refractivity contribution in [2.45, 2.75) is 51.2 Å². The van der Waals surface area contributed by atoms with Gasteiger partial charge in [0.25, 0.3) is 0 Å². The van der Waals surface area contributed by atoms with Crippen LogP contribution in [0.15, 0.2) is 48.5 Å². The first kappa shape index (κ1) is 22.6. The van der Waals surface area contributed by atoms with E-state index in [0.717, 1.165) is 30.9 Å². The van der Waals surface area contributed by atoms with Crippen LogP contribution in [0, 0.1) is 0 Å². The lowest BCUT2D eigenvalue weighted by Crippen LogP contribution is -2.23. The Hall–Kier alpha value is -2.08. The summed E-state index contributed by atoms with van der Waals surface area (Å²) in [6.45, 7) is 9.14. The number of benzene rings is 2. The Morgan fingerprint density at radius 2 is 1.53 bits per heavy atom. The van der Waals surface area contributed by atoms with Gasteiger partial charge >= 0.3 is 0 Å². The molecule has 1 saturated heterocycles. The Bertz CT molecular complexity index is 750. The van der Waals surface area contributed by atoms with Crippen LogP contribution in [0.1, 0.15) is 44.7 Å². The molecule has 5 heteroatoms. The Kier molecular flexibility index (Phi) is 8.14. The third-order valence-corrected chi connectivity index (χ3v) is 5.39. The predicted octanol–water partition coefficient (Wildman–Crippen LogP) is 4.35. The van der Waals surface area contributed by atoms with Crippen molar-refractivity contribution in [3.05, 3.63) is 59.7 Å². The second-order valence-electron chi connectivity index (χ2n) is 8.33. The average Bonchev–Trinajstić information content (AvgIpc) is 3.59. The maximum absolute atomic E-state index is 9.97. The van der Waals surface area contributed by atoms with Crippen LogP contribution in [-0.2, 0) is 14.9 Å². The molecule has 2 aromatic carbocycles. The standard InChI is InChI=1S/C25H34O5/c1-4-5-14-27-15-21(26)16-28-22-10-6-19(7-11-22)25(2,3)20-8-12-23(13-9-20)29-17-24-18-30-24/h6-13,21,24,26H,4-5,14-18H2,1-3H3. The van der Waals surface area contributed by atoms with E-state index < -0.39 is 6.10 Å². The van der Waals surface area contributed by atoms with Crippen molar-refractivity contribution in [1.29, 1.82) is 0 Å². The summed E-state index contributed by atoms with van der Waals surface area (Å²) in [7, 11) is 0. The van der Waals surface area contributed by atoms with Gasteiger partial charge in [0.05, 0.1) is 13.2 Å². The first-order valence-corrected chi connectivity index (χ1v) is 10.8. The molecule has 30 heavy (non-hydrogen) atoms. The molecule has 0 spiro atoms. The quantitative estimate of drug-likeness (QED) is 0.390. The molecular formula is C25H34O5. The fourth-order valence-corrected chi connectivity index (χ4v) is 3.16. The van der Waals surface area contributed by atoms with Crippen LogP contribution in [-0.4, -0.2) is 50.3 Å². The minimum atomic E-state index is -0.620. The first-order chi connectivity index (χ1) is 14.5. The topological polar surface area (TPSA) is 60.5 Å². The van der Waals surface area contributed by atoms with Gasteiger partial charge in [-0.3, -0.25) is 0 Å². The van der Waals surface area contributed by atoms with Crippen molar-refractivity contribution < 1.29 is 24.1 Å². The average molecular weight is 415 g/mol. The van der Waals surface area contributed by atoms with Gasteiger partial charge in [0.15, 0.2) is 0 Å². The fraction of sp³-hybridized carbons (Fsp3) is 0.520. The fourth-order valence-electron chi connectivity index (χ4n) is 3.16. The molecule has 1 heterocycles. The zero-order valence-electron chi connectivity index (χ0n) is 18.3. The zero-order chi connectivity index (χ0) is 21.4. The summed E-state index contributed by atoms with van der Waals surface area (Å²) in [6, 6.07) is 16.3. The second kappa shape index (κ2) is 10.8. The Balaban J connectivity index is 1.51. The maximum Gasteiger partial charge on any atom is 0.119 e. The van der Waals surface area contributed by atoms with E-state index in [0.29, 0.717) is 19.8 Å². The molecular weight excluding hydrogens is 380 g/mol. The Labute approximate surface area is 179 Å². The van der Waals surface area contributed by atoms with Crippen LogP contribution in [0.2, 0.25) is 0 Å². The van der Waals surface area contributed by atoms with Crippen molar-refractivity contribution >= 4 is 0 Å². The molecule has 3 rings (SSSR count). The highest BCUT2D eigenvalue weighted by Gasteiger charge is 2.25. The number of unbranched alkanes of at least 4 members (excludes halogenated alkanes) is 1. The van der Waals surface area contributed by atoms with E-state index in [-0.39, 0.29) is 18.1 Å². The van der Waals surface area contributed by atoms with Gasteiger partial charge in [-0.25, -0.2) is 0 Å². The minimum absolute atomic E-state index is 0.150. The first-order valence-electron chi connectivity index (χ1n) is 10.8. The summed E-state index contributed by atoms with van der Waals surface area (Å²) in [4.78, 5) is 0. The summed E-state index contributed by atoms with van der Waals surface area (Å²) >= 11 is 0. The van der Waals surface area contributed by atoms with Crippen molar-refractivity contribution in [3.63, 3.8) is 0 Å². The van der Waals surface area contributed by atoms with Crippen LogP contribution < -0.4 is 9.47 Å². The number of rotatable bonds is 13. The van der Waals surface area contributed by atoms with Gasteiger partial charge < -0.3 is 24.1 Å². The number of aliphatic hydroxyl groups is 1.